The Labute approximate surface area is 122 Å². The fourth-order valence-corrected chi connectivity index (χ4v) is 2.85. The topological polar surface area (TPSA) is 55.6 Å². The molecule has 7 heteroatoms. The average molecular weight is 295 g/mol. The minimum absolute atomic E-state index is 0.176. The lowest BCUT2D eigenvalue weighted by Crippen LogP contribution is -2.33. The summed E-state index contributed by atoms with van der Waals surface area (Å²) < 4.78 is 13.6. The molecule has 2 aromatic rings. The lowest BCUT2D eigenvalue weighted by Gasteiger charge is -2.15. The van der Waals surface area contributed by atoms with Crippen molar-refractivity contribution in [1.82, 2.24) is 25.5 Å². The van der Waals surface area contributed by atoms with Gasteiger partial charge in [-0.15, -0.1) is 22.0 Å². The predicted octanol–water partition coefficient (Wildman–Crippen LogP) is 1.66. The van der Waals surface area contributed by atoms with Gasteiger partial charge in [-0.3, -0.25) is 0 Å². The molecule has 0 spiro atoms. The first kappa shape index (κ1) is 14.9. The van der Waals surface area contributed by atoms with Crippen molar-refractivity contribution < 1.29 is 4.39 Å². The van der Waals surface area contributed by atoms with Gasteiger partial charge in [0.25, 0.3) is 0 Å². The Bertz CT molecular complexity index is 545. The fourth-order valence-electron chi connectivity index (χ4n) is 1.86. The molecule has 0 aliphatic rings. The number of rotatable bonds is 7. The highest BCUT2D eigenvalue weighted by Crippen LogP contribution is 2.22. The first-order valence-corrected chi connectivity index (χ1v) is 7.51. The summed E-state index contributed by atoms with van der Waals surface area (Å²) >= 11 is 1.50. The molecule has 0 aliphatic heterocycles. The summed E-state index contributed by atoms with van der Waals surface area (Å²) in [5.41, 5.74) is 0. The van der Waals surface area contributed by atoms with E-state index < -0.39 is 0 Å². The van der Waals surface area contributed by atoms with Gasteiger partial charge in [-0.05, 0) is 23.9 Å². The standard InChI is InChI=1S/C13H18FN5S/c1-3-15-10(8-13-16-18-19(2)17-13)9-20-12-7-5-4-6-11(12)14/h4-7,10,15H,3,8-9H2,1-2H3. The van der Waals surface area contributed by atoms with E-state index in [0.29, 0.717) is 17.1 Å². The van der Waals surface area contributed by atoms with Crippen LogP contribution in [0, 0.1) is 5.82 Å². The predicted molar refractivity (Wildman–Crippen MR) is 77.1 cm³/mol. The van der Waals surface area contributed by atoms with Crippen molar-refractivity contribution in [3.05, 3.63) is 35.9 Å². The number of aromatic nitrogens is 4. The van der Waals surface area contributed by atoms with Gasteiger partial charge in [0.2, 0.25) is 0 Å². The average Bonchev–Trinajstić information content (AvgIpc) is 2.83. The van der Waals surface area contributed by atoms with Crippen LogP contribution in [-0.2, 0) is 13.5 Å². The van der Waals surface area contributed by atoms with Crippen LogP contribution in [0.15, 0.2) is 29.2 Å². The molecule has 0 saturated carbocycles. The highest BCUT2D eigenvalue weighted by Gasteiger charge is 2.13. The number of aryl methyl sites for hydroxylation is 1. The van der Waals surface area contributed by atoms with Crippen LogP contribution < -0.4 is 5.32 Å². The number of benzene rings is 1. The van der Waals surface area contributed by atoms with Crippen molar-refractivity contribution in [2.24, 2.45) is 7.05 Å². The maximum Gasteiger partial charge on any atom is 0.176 e. The van der Waals surface area contributed by atoms with Gasteiger partial charge >= 0.3 is 0 Å². The van der Waals surface area contributed by atoms with Crippen LogP contribution >= 0.6 is 11.8 Å². The number of nitrogens with zero attached hydrogens (tertiary/aromatic N) is 4. The summed E-state index contributed by atoms with van der Waals surface area (Å²) in [6, 6.07) is 7.01. The van der Waals surface area contributed by atoms with Gasteiger partial charge in [0.05, 0.1) is 7.05 Å². The minimum atomic E-state index is -0.176. The minimum Gasteiger partial charge on any atom is -0.313 e. The second-order valence-electron chi connectivity index (χ2n) is 4.40. The molecule has 1 unspecified atom stereocenters. The smallest absolute Gasteiger partial charge is 0.176 e. The summed E-state index contributed by atoms with van der Waals surface area (Å²) in [5.74, 6) is 1.28. The SMILES string of the molecule is CCNC(CSc1ccccc1F)Cc1nnn(C)n1. The number of likely N-dealkylation sites (N-methyl/N-ethyl adjacent to an activating group) is 1. The third kappa shape index (κ3) is 4.28. The summed E-state index contributed by atoms with van der Waals surface area (Å²) in [7, 11) is 1.74. The molecule has 0 aliphatic carbocycles. The number of tetrazole rings is 1. The van der Waals surface area contributed by atoms with E-state index in [1.807, 2.05) is 13.0 Å². The van der Waals surface area contributed by atoms with Crippen LogP contribution in [0.25, 0.3) is 0 Å². The molecule has 1 N–H and O–H groups in total. The fraction of sp³-hybridized carbons (Fsp3) is 0.462. The Balaban J connectivity index is 1.94. The number of hydrogen-bond donors (Lipinski definition) is 1. The van der Waals surface area contributed by atoms with Crippen molar-refractivity contribution in [1.29, 1.82) is 0 Å². The summed E-state index contributed by atoms with van der Waals surface area (Å²) in [4.78, 5) is 2.12. The molecule has 2 rings (SSSR count). The Morgan fingerprint density at radius 3 is 2.85 bits per heavy atom. The monoisotopic (exact) mass is 295 g/mol. The normalized spacial score (nSPS) is 12.6. The van der Waals surface area contributed by atoms with Gasteiger partial charge in [-0.25, -0.2) is 4.39 Å². The van der Waals surface area contributed by atoms with Gasteiger partial charge in [0.15, 0.2) is 5.82 Å². The van der Waals surface area contributed by atoms with E-state index >= 15 is 0 Å². The molecule has 1 atom stereocenters. The summed E-state index contributed by atoms with van der Waals surface area (Å²) in [6.45, 7) is 2.90. The molecule has 20 heavy (non-hydrogen) atoms. The van der Waals surface area contributed by atoms with Crippen LogP contribution in [0.5, 0.6) is 0 Å². The van der Waals surface area contributed by atoms with Gasteiger partial charge in [0, 0.05) is 23.1 Å². The zero-order valence-electron chi connectivity index (χ0n) is 11.6. The molecule has 108 valence electrons. The molecule has 5 nitrogen and oxygen atoms in total. The summed E-state index contributed by atoms with van der Waals surface area (Å²) in [5, 5.41) is 15.4. The highest BCUT2D eigenvalue weighted by molar-refractivity contribution is 7.99. The zero-order valence-corrected chi connectivity index (χ0v) is 12.4. The van der Waals surface area contributed by atoms with Crippen LogP contribution in [0.2, 0.25) is 0 Å². The van der Waals surface area contributed by atoms with Crippen molar-refractivity contribution in [2.75, 3.05) is 12.3 Å². The largest absolute Gasteiger partial charge is 0.313 e. The lowest BCUT2D eigenvalue weighted by molar-refractivity contribution is 0.555. The Morgan fingerprint density at radius 1 is 1.40 bits per heavy atom. The molecule has 1 aromatic heterocycles. The van der Waals surface area contributed by atoms with Crippen LogP contribution in [0.1, 0.15) is 12.7 Å². The highest BCUT2D eigenvalue weighted by atomic mass is 32.2. The maximum atomic E-state index is 13.6. The Morgan fingerprint density at radius 2 is 2.20 bits per heavy atom. The van der Waals surface area contributed by atoms with Crippen molar-refractivity contribution >= 4 is 11.8 Å². The van der Waals surface area contributed by atoms with Crippen molar-refractivity contribution in [3.63, 3.8) is 0 Å². The maximum absolute atomic E-state index is 13.6. The quantitative estimate of drug-likeness (QED) is 0.787. The van der Waals surface area contributed by atoms with Crippen LogP contribution in [-0.4, -0.2) is 38.5 Å². The molecule has 0 amide bonds. The molecular weight excluding hydrogens is 277 g/mol. The second kappa shape index (κ2) is 7.35. The Hall–Kier alpha value is -1.47. The van der Waals surface area contributed by atoms with Gasteiger partial charge in [-0.2, -0.15) is 4.80 Å². The van der Waals surface area contributed by atoms with E-state index in [2.05, 4.69) is 20.7 Å². The van der Waals surface area contributed by atoms with E-state index in [9.17, 15) is 4.39 Å². The van der Waals surface area contributed by atoms with Crippen LogP contribution in [0.4, 0.5) is 4.39 Å². The van der Waals surface area contributed by atoms with Crippen LogP contribution in [0.3, 0.4) is 0 Å². The first-order valence-electron chi connectivity index (χ1n) is 6.52. The third-order valence-corrected chi connectivity index (χ3v) is 3.96. The van der Waals surface area contributed by atoms with Crippen molar-refractivity contribution in [2.45, 2.75) is 24.3 Å². The first-order chi connectivity index (χ1) is 9.69. The van der Waals surface area contributed by atoms with Gasteiger partial charge in [0.1, 0.15) is 5.82 Å². The third-order valence-electron chi connectivity index (χ3n) is 2.75. The number of thioether (sulfide) groups is 1. The molecular formula is C13H18FN5S. The van der Waals surface area contributed by atoms with Crippen molar-refractivity contribution in [3.8, 4) is 0 Å². The van der Waals surface area contributed by atoms with E-state index in [-0.39, 0.29) is 11.9 Å². The lowest BCUT2D eigenvalue weighted by atomic mass is 10.2. The molecule has 0 saturated heterocycles. The molecule has 1 heterocycles. The molecule has 1 aromatic carbocycles. The molecule has 0 fully saturated rings. The summed E-state index contributed by atoms with van der Waals surface area (Å²) in [6.07, 6.45) is 0.684. The molecule has 0 bridgehead atoms. The number of nitrogens with one attached hydrogen (secondary N) is 1. The number of halogens is 1. The molecule has 0 radical (unpaired) electrons. The van der Waals surface area contributed by atoms with E-state index in [0.717, 1.165) is 12.3 Å². The second-order valence-corrected chi connectivity index (χ2v) is 5.46. The van der Waals surface area contributed by atoms with E-state index in [4.69, 9.17) is 0 Å². The van der Waals surface area contributed by atoms with Gasteiger partial charge in [-0.1, -0.05) is 19.1 Å². The van der Waals surface area contributed by atoms with E-state index in [1.54, 1.807) is 19.2 Å². The number of hydrogen-bond acceptors (Lipinski definition) is 5. The Kier molecular flexibility index (Phi) is 5.49. The zero-order chi connectivity index (χ0) is 14.4. The van der Waals surface area contributed by atoms with E-state index in [1.165, 1.54) is 22.6 Å². The van der Waals surface area contributed by atoms with Gasteiger partial charge < -0.3 is 5.32 Å².